The van der Waals surface area contributed by atoms with E-state index in [2.05, 4.69) is 255 Å². The lowest BCUT2D eigenvalue weighted by molar-refractivity contribution is 0.590. The number of anilines is 6. The van der Waals surface area contributed by atoms with E-state index in [0.29, 0.717) is 0 Å². The number of hydrogen-bond acceptors (Lipinski definition) is 3. The third kappa shape index (κ3) is 6.85. The maximum Gasteiger partial charge on any atom is 0.333 e. The van der Waals surface area contributed by atoms with Gasteiger partial charge < -0.3 is 14.3 Å². The van der Waals surface area contributed by atoms with E-state index in [4.69, 9.17) is 0 Å². The number of benzene rings is 8. The normalized spacial score (nSPS) is 14.2. The van der Waals surface area contributed by atoms with Crippen LogP contribution in [0, 0.1) is 0 Å². The molecule has 9 aromatic rings. The highest BCUT2D eigenvalue weighted by molar-refractivity contribution is 7.99. The van der Waals surface area contributed by atoms with Crippen molar-refractivity contribution < 1.29 is 0 Å². The minimum Gasteiger partial charge on any atom is -0.375 e. The van der Waals surface area contributed by atoms with Crippen molar-refractivity contribution in [3.8, 4) is 22.3 Å². The van der Waals surface area contributed by atoms with Gasteiger partial charge in [-0.15, -0.1) is 0 Å². The molecule has 4 heterocycles. The molecule has 0 fully saturated rings. The monoisotopic (exact) mass is 915 g/mol. The topological polar surface area (TPSA) is 11.4 Å². The standard InChI is InChI=1S/C64H62BN3S/c1-61(2,3)40-23-29-45(30-24-40)66-52-34-26-42(63(7,8)9)37-50(52)65-59-48(36-43(38-55(59)66)64(10,11)12)47-32-31-46(58-49-35-41(62(4,5)6)25-33-51(49)68(65)60(47)58)39-21-27-44(28-22-39)67-53-17-13-15-19-56(53)69-57-20-16-14-18-54(57)67/h13-38H,1-12H3. The fourth-order valence-electron chi connectivity index (χ4n) is 11.3. The van der Waals surface area contributed by atoms with Gasteiger partial charge in [0.2, 0.25) is 0 Å². The minimum absolute atomic E-state index is 0.0264. The molecule has 0 saturated carbocycles. The first-order valence-corrected chi connectivity index (χ1v) is 25.7. The van der Waals surface area contributed by atoms with Crippen molar-refractivity contribution in [1.82, 2.24) is 4.48 Å². The van der Waals surface area contributed by atoms with Crippen molar-refractivity contribution in [2.24, 2.45) is 0 Å². The zero-order valence-corrected chi connectivity index (χ0v) is 43.2. The quantitative estimate of drug-likeness (QED) is 0.164. The van der Waals surface area contributed by atoms with Gasteiger partial charge in [-0.3, -0.25) is 0 Å². The zero-order chi connectivity index (χ0) is 48.1. The predicted molar refractivity (Wildman–Crippen MR) is 299 cm³/mol. The van der Waals surface area contributed by atoms with Crippen LogP contribution >= 0.6 is 11.8 Å². The second-order valence-electron chi connectivity index (χ2n) is 23.9. The smallest absolute Gasteiger partial charge is 0.333 e. The number of para-hydroxylation sites is 2. The van der Waals surface area contributed by atoms with Crippen LogP contribution in [0.15, 0.2) is 168 Å². The lowest BCUT2D eigenvalue weighted by atomic mass is 9.44. The number of aromatic nitrogens is 1. The van der Waals surface area contributed by atoms with Gasteiger partial charge in [-0.1, -0.05) is 180 Å². The molecule has 3 aliphatic rings. The van der Waals surface area contributed by atoms with Crippen LogP contribution < -0.4 is 20.7 Å². The van der Waals surface area contributed by atoms with E-state index in [1.807, 2.05) is 11.8 Å². The van der Waals surface area contributed by atoms with Crippen LogP contribution in [0.4, 0.5) is 34.1 Å². The molecule has 0 saturated heterocycles. The summed E-state index contributed by atoms with van der Waals surface area (Å²) in [4.78, 5) is 7.55. The molecule has 0 unspecified atom stereocenters. The second kappa shape index (κ2) is 15.0. The van der Waals surface area contributed by atoms with Crippen LogP contribution in [0.5, 0.6) is 0 Å². The van der Waals surface area contributed by atoms with Crippen LogP contribution in [0.1, 0.15) is 105 Å². The van der Waals surface area contributed by atoms with E-state index in [1.54, 1.807) is 0 Å². The van der Waals surface area contributed by atoms with Gasteiger partial charge in [0.25, 0.3) is 0 Å². The van der Waals surface area contributed by atoms with Gasteiger partial charge in [0.05, 0.1) is 11.4 Å². The van der Waals surface area contributed by atoms with Crippen molar-refractivity contribution in [2.75, 3.05) is 9.80 Å². The van der Waals surface area contributed by atoms with E-state index < -0.39 is 0 Å². The van der Waals surface area contributed by atoms with Gasteiger partial charge in [0.1, 0.15) is 0 Å². The van der Waals surface area contributed by atoms with Gasteiger partial charge in [-0.05, 0) is 144 Å². The molecule has 0 spiro atoms. The number of nitrogens with zero attached hydrogens (tertiary/aromatic N) is 3. The van der Waals surface area contributed by atoms with E-state index in [0.717, 1.165) is 5.69 Å². The van der Waals surface area contributed by atoms with Crippen molar-refractivity contribution >= 4 is 85.5 Å². The highest BCUT2D eigenvalue weighted by Crippen LogP contribution is 2.53. The summed E-state index contributed by atoms with van der Waals surface area (Å²) >= 11 is 1.85. The molecule has 3 aliphatic heterocycles. The van der Waals surface area contributed by atoms with Gasteiger partial charge in [-0.2, -0.15) is 0 Å². The molecular weight excluding hydrogens is 854 g/mol. The third-order valence-electron chi connectivity index (χ3n) is 15.2. The average Bonchev–Trinajstić information content (AvgIpc) is 3.65. The Kier molecular flexibility index (Phi) is 9.55. The summed E-state index contributed by atoms with van der Waals surface area (Å²) < 4.78 is 2.75. The summed E-state index contributed by atoms with van der Waals surface area (Å²) in [5, 5.41) is 2.64. The van der Waals surface area contributed by atoms with E-state index in [-0.39, 0.29) is 28.5 Å². The Bertz CT molecular complexity index is 3520. The molecule has 342 valence electrons. The summed E-state index contributed by atoms with van der Waals surface area (Å²) in [5.41, 5.74) is 23.0. The molecule has 0 bridgehead atoms. The molecule has 12 rings (SSSR count). The van der Waals surface area contributed by atoms with Crippen molar-refractivity contribution in [3.05, 3.63) is 180 Å². The highest BCUT2D eigenvalue weighted by Gasteiger charge is 2.44. The first-order chi connectivity index (χ1) is 32.8. The minimum atomic E-state index is -0.0835. The largest absolute Gasteiger partial charge is 0.375 e. The van der Waals surface area contributed by atoms with Crippen LogP contribution in [0.25, 0.3) is 44.1 Å². The van der Waals surface area contributed by atoms with Crippen LogP contribution in [-0.2, 0) is 21.7 Å². The summed E-state index contributed by atoms with van der Waals surface area (Å²) in [5.74, 6) is 0. The number of hydrogen-bond donors (Lipinski definition) is 0. The fourth-order valence-corrected chi connectivity index (χ4v) is 12.4. The number of rotatable bonds is 3. The third-order valence-corrected chi connectivity index (χ3v) is 16.3. The summed E-state index contributed by atoms with van der Waals surface area (Å²) in [7, 11) is 0. The van der Waals surface area contributed by atoms with Crippen molar-refractivity contribution in [2.45, 2.75) is 115 Å². The molecule has 0 atom stereocenters. The zero-order valence-electron chi connectivity index (χ0n) is 42.3. The van der Waals surface area contributed by atoms with E-state index in [1.165, 1.54) is 115 Å². The van der Waals surface area contributed by atoms with Gasteiger partial charge in [0.15, 0.2) is 0 Å². The first kappa shape index (κ1) is 43.8. The fraction of sp³-hybridized carbons (Fsp3) is 0.250. The van der Waals surface area contributed by atoms with Gasteiger partial charge in [-0.25, -0.2) is 0 Å². The molecule has 0 radical (unpaired) electrons. The molecular formula is C64H62BN3S. The first-order valence-electron chi connectivity index (χ1n) is 24.9. The van der Waals surface area contributed by atoms with E-state index in [9.17, 15) is 0 Å². The average molecular weight is 916 g/mol. The Morgan fingerprint density at radius 1 is 0.406 bits per heavy atom. The van der Waals surface area contributed by atoms with Crippen LogP contribution in [0.2, 0.25) is 0 Å². The van der Waals surface area contributed by atoms with Crippen molar-refractivity contribution in [1.29, 1.82) is 0 Å². The SMILES string of the molecule is CC(C)(C)c1ccc(N2c3ccc(C(C)(C)C)cc3B3c4c(cc(C(C)(C)C)cc42)-c2ccc(-c4ccc(N5c6ccccc6Sc6ccccc65)cc4)c4c5cc(C(C)(C)C)ccc5n3c24)cc1. The molecule has 0 amide bonds. The Hall–Kier alpha value is -6.43. The van der Waals surface area contributed by atoms with Crippen molar-refractivity contribution in [3.63, 3.8) is 0 Å². The number of fused-ring (bicyclic) bond motifs is 9. The van der Waals surface area contributed by atoms with Gasteiger partial charge >= 0.3 is 6.85 Å². The Morgan fingerprint density at radius 3 is 1.54 bits per heavy atom. The summed E-state index contributed by atoms with van der Waals surface area (Å²) in [6, 6.07) is 61.0. The molecule has 3 nitrogen and oxygen atoms in total. The van der Waals surface area contributed by atoms with Crippen LogP contribution in [0.3, 0.4) is 0 Å². The second-order valence-corrected chi connectivity index (χ2v) is 25.0. The molecule has 69 heavy (non-hydrogen) atoms. The Morgan fingerprint density at radius 2 is 0.928 bits per heavy atom. The predicted octanol–water partition coefficient (Wildman–Crippen LogP) is 17.0. The Balaban J connectivity index is 1.14. The highest BCUT2D eigenvalue weighted by atomic mass is 32.2. The van der Waals surface area contributed by atoms with Crippen LogP contribution in [-0.4, -0.2) is 11.3 Å². The molecule has 0 aliphatic carbocycles. The Labute approximate surface area is 414 Å². The molecule has 1 aromatic heterocycles. The lowest BCUT2D eigenvalue weighted by Gasteiger charge is -2.42. The summed E-state index contributed by atoms with van der Waals surface area (Å²) in [6.45, 7) is 28.0. The molecule has 8 aromatic carbocycles. The van der Waals surface area contributed by atoms with Gasteiger partial charge in [0, 0.05) is 59.9 Å². The maximum absolute atomic E-state index is 2.75. The van der Waals surface area contributed by atoms with E-state index >= 15 is 0 Å². The molecule has 5 heteroatoms. The maximum atomic E-state index is 2.75. The molecule has 0 N–H and O–H groups in total. The summed E-state index contributed by atoms with van der Waals surface area (Å²) in [6.07, 6.45) is 0. The lowest BCUT2D eigenvalue weighted by Crippen LogP contribution is -2.57.